The molecule has 0 amide bonds. The summed E-state index contributed by atoms with van der Waals surface area (Å²) in [6.45, 7) is 5.36. The Morgan fingerprint density at radius 1 is 1.29 bits per heavy atom. The van der Waals surface area contributed by atoms with Crippen molar-refractivity contribution in [2.45, 2.75) is 45.6 Å². The number of aliphatic hydroxyl groups is 1. The van der Waals surface area contributed by atoms with Crippen molar-refractivity contribution in [1.82, 2.24) is 4.98 Å². The normalized spacial score (nSPS) is 15.1. The molecule has 0 atom stereocenters. The molecular weight excluding hydrogens is 280 g/mol. The van der Waals surface area contributed by atoms with E-state index in [1.54, 1.807) is 11.3 Å². The maximum absolute atomic E-state index is 9.58. The van der Waals surface area contributed by atoms with Crippen molar-refractivity contribution in [2.24, 2.45) is 0 Å². The maximum Gasteiger partial charge on any atom is 0.190 e. The van der Waals surface area contributed by atoms with Gasteiger partial charge in [-0.25, -0.2) is 4.98 Å². The molecule has 112 valence electrons. The van der Waals surface area contributed by atoms with Gasteiger partial charge in [-0.05, 0) is 36.8 Å². The number of hydrogen-bond acceptors (Lipinski definition) is 4. The number of anilines is 2. The maximum atomic E-state index is 9.58. The number of hydrogen-bond donors (Lipinski definition) is 1. The van der Waals surface area contributed by atoms with E-state index in [1.807, 2.05) is 0 Å². The SMILES string of the molecule is CC(C)c1nc(N2CCCCc3ccccc32)sc1CO. The molecule has 3 rings (SSSR count). The van der Waals surface area contributed by atoms with Crippen LogP contribution in [0.4, 0.5) is 10.8 Å². The summed E-state index contributed by atoms with van der Waals surface area (Å²) in [5.41, 5.74) is 3.73. The summed E-state index contributed by atoms with van der Waals surface area (Å²) in [4.78, 5) is 8.16. The molecule has 0 saturated heterocycles. The van der Waals surface area contributed by atoms with Crippen LogP contribution in [-0.4, -0.2) is 16.6 Å². The summed E-state index contributed by atoms with van der Waals surface area (Å²) in [7, 11) is 0. The van der Waals surface area contributed by atoms with E-state index >= 15 is 0 Å². The summed E-state index contributed by atoms with van der Waals surface area (Å²) >= 11 is 1.63. The van der Waals surface area contributed by atoms with Crippen LogP contribution in [0.25, 0.3) is 0 Å². The Balaban J connectivity index is 2.04. The first-order valence-electron chi connectivity index (χ1n) is 7.66. The van der Waals surface area contributed by atoms with Gasteiger partial charge >= 0.3 is 0 Å². The van der Waals surface area contributed by atoms with Crippen molar-refractivity contribution in [1.29, 1.82) is 0 Å². The van der Waals surface area contributed by atoms with Crippen LogP contribution < -0.4 is 4.90 Å². The average molecular weight is 302 g/mol. The summed E-state index contributed by atoms with van der Waals surface area (Å²) in [6.07, 6.45) is 3.55. The zero-order valence-electron chi connectivity index (χ0n) is 12.7. The number of aromatic nitrogens is 1. The zero-order valence-corrected chi connectivity index (χ0v) is 13.5. The van der Waals surface area contributed by atoms with Gasteiger partial charge in [-0.2, -0.15) is 0 Å². The summed E-state index contributed by atoms with van der Waals surface area (Å²) < 4.78 is 0. The van der Waals surface area contributed by atoms with Gasteiger partial charge in [0.2, 0.25) is 0 Å². The second-order valence-electron chi connectivity index (χ2n) is 5.86. The van der Waals surface area contributed by atoms with Gasteiger partial charge in [0.05, 0.1) is 17.2 Å². The molecule has 0 spiro atoms. The fourth-order valence-electron chi connectivity index (χ4n) is 2.92. The molecule has 0 aliphatic carbocycles. The molecule has 2 aromatic rings. The predicted molar refractivity (Wildman–Crippen MR) is 88.5 cm³/mol. The van der Waals surface area contributed by atoms with E-state index in [-0.39, 0.29) is 6.61 Å². The molecule has 4 heteroatoms. The fourth-order valence-corrected chi connectivity index (χ4v) is 4.04. The van der Waals surface area contributed by atoms with Crippen LogP contribution in [0.5, 0.6) is 0 Å². The van der Waals surface area contributed by atoms with Crippen LogP contribution >= 0.6 is 11.3 Å². The third-order valence-electron chi connectivity index (χ3n) is 4.00. The van der Waals surface area contributed by atoms with Crippen LogP contribution in [0.3, 0.4) is 0 Å². The molecule has 2 heterocycles. The van der Waals surface area contributed by atoms with Crippen molar-refractivity contribution in [3.63, 3.8) is 0 Å². The van der Waals surface area contributed by atoms with Gasteiger partial charge in [0.1, 0.15) is 0 Å². The minimum Gasteiger partial charge on any atom is -0.391 e. The molecule has 0 bridgehead atoms. The first-order valence-corrected chi connectivity index (χ1v) is 8.48. The Kier molecular flexibility index (Phi) is 4.27. The Bertz CT molecular complexity index is 621. The summed E-state index contributed by atoms with van der Waals surface area (Å²) in [5, 5.41) is 10.6. The third kappa shape index (κ3) is 2.83. The number of nitrogens with zero attached hydrogens (tertiary/aromatic N) is 2. The highest BCUT2D eigenvalue weighted by Gasteiger charge is 2.22. The Morgan fingerprint density at radius 2 is 2.10 bits per heavy atom. The van der Waals surface area contributed by atoms with Gasteiger partial charge < -0.3 is 10.0 Å². The second kappa shape index (κ2) is 6.16. The number of benzene rings is 1. The van der Waals surface area contributed by atoms with Gasteiger partial charge in [-0.1, -0.05) is 43.4 Å². The predicted octanol–water partition coefficient (Wildman–Crippen LogP) is 4.23. The van der Waals surface area contributed by atoms with Crippen molar-refractivity contribution in [2.75, 3.05) is 11.4 Å². The lowest BCUT2D eigenvalue weighted by atomic mass is 10.1. The summed E-state index contributed by atoms with van der Waals surface area (Å²) in [5.74, 6) is 0.347. The zero-order chi connectivity index (χ0) is 14.8. The summed E-state index contributed by atoms with van der Waals surface area (Å²) in [6, 6.07) is 8.62. The van der Waals surface area contributed by atoms with E-state index in [9.17, 15) is 5.11 Å². The molecule has 0 saturated carbocycles. The highest BCUT2D eigenvalue weighted by atomic mass is 32.1. The number of aliphatic hydroxyl groups excluding tert-OH is 1. The van der Waals surface area contributed by atoms with E-state index in [0.29, 0.717) is 5.92 Å². The van der Waals surface area contributed by atoms with Crippen molar-refractivity contribution >= 4 is 22.2 Å². The second-order valence-corrected chi connectivity index (χ2v) is 6.92. The number of para-hydroxylation sites is 1. The van der Waals surface area contributed by atoms with E-state index in [1.165, 1.54) is 24.1 Å². The van der Waals surface area contributed by atoms with Crippen molar-refractivity contribution < 1.29 is 5.11 Å². The lowest BCUT2D eigenvalue weighted by molar-refractivity contribution is 0.283. The smallest absolute Gasteiger partial charge is 0.190 e. The largest absolute Gasteiger partial charge is 0.391 e. The van der Waals surface area contributed by atoms with Crippen LogP contribution in [0, 0.1) is 0 Å². The van der Waals surface area contributed by atoms with Gasteiger partial charge in [0, 0.05) is 12.2 Å². The van der Waals surface area contributed by atoms with Gasteiger partial charge in [0.15, 0.2) is 5.13 Å². The molecule has 21 heavy (non-hydrogen) atoms. The highest BCUT2D eigenvalue weighted by molar-refractivity contribution is 7.15. The molecule has 0 unspecified atom stereocenters. The Morgan fingerprint density at radius 3 is 2.81 bits per heavy atom. The topological polar surface area (TPSA) is 36.4 Å². The number of rotatable bonds is 3. The average Bonchev–Trinajstić information content (AvgIpc) is 2.81. The molecular formula is C17H22N2OS. The first-order chi connectivity index (χ1) is 10.2. The van der Waals surface area contributed by atoms with Crippen LogP contribution in [-0.2, 0) is 13.0 Å². The van der Waals surface area contributed by atoms with E-state index in [0.717, 1.165) is 28.7 Å². The molecule has 1 aliphatic heterocycles. The van der Waals surface area contributed by atoms with Gasteiger partial charge in [0.25, 0.3) is 0 Å². The van der Waals surface area contributed by atoms with Crippen LogP contribution in [0.1, 0.15) is 48.7 Å². The molecule has 1 aliphatic rings. The number of fused-ring (bicyclic) bond motifs is 1. The highest BCUT2D eigenvalue weighted by Crippen LogP contribution is 2.37. The number of aryl methyl sites for hydroxylation is 1. The van der Waals surface area contributed by atoms with E-state index in [4.69, 9.17) is 4.98 Å². The molecule has 0 fully saturated rings. The fraction of sp³-hybridized carbons (Fsp3) is 0.471. The van der Waals surface area contributed by atoms with Crippen molar-refractivity contribution in [3.05, 3.63) is 40.4 Å². The Labute approximate surface area is 130 Å². The third-order valence-corrected chi connectivity index (χ3v) is 5.08. The van der Waals surface area contributed by atoms with Crippen LogP contribution in [0.15, 0.2) is 24.3 Å². The van der Waals surface area contributed by atoms with Crippen molar-refractivity contribution in [3.8, 4) is 0 Å². The van der Waals surface area contributed by atoms with Gasteiger partial charge in [-0.3, -0.25) is 0 Å². The lowest BCUT2D eigenvalue weighted by Crippen LogP contribution is -2.17. The van der Waals surface area contributed by atoms with Gasteiger partial charge in [-0.15, -0.1) is 0 Å². The molecule has 3 nitrogen and oxygen atoms in total. The molecule has 1 aromatic heterocycles. The minimum absolute atomic E-state index is 0.0840. The minimum atomic E-state index is 0.0840. The standard InChI is InChI=1S/C17H22N2OS/c1-12(2)16-15(11-20)21-17(18-16)19-10-6-5-8-13-7-3-4-9-14(13)19/h3-4,7,9,12,20H,5-6,8,10-11H2,1-2H3. The quantitative estimate of drug-likeness (QED) is 0.921. The van der Waals surface area contributed by atoms with Crippen LogP contribution in [0.2, 0.25) is 0 Å². The monoisotopic (exact) mass is 302 g/mol. The number of thiazole rings is 1. The Hall–Kier alpha value is -1.39. The first kappa shape index (κ1) is 14.5. The molecule has 0 radical (unpaired) electrons. The molecule has 1 aromatic carbocycles. The molecule has 1 N–H and O–H groups in total. The van der Waals surface area contributed by atoms with E-state index < -0.39 is 0 Å². The lowest BCUT2D eigenvalue weighted by Gasteiger charge is -2.21. The van der Waals surface area contributed by atoms with E-state index in [2.05, 4.69) is 43.0 Å².